The fourth-order valence-electron chi connectivity index (χ4n) is 4.95. The topological polar surface area (TPSA) is 105 Å². The van der Waals surface area contributed by atoms with Gasteiger partial charge in [0.1, 0.15) is 19.3 Å². The van der Waals surface area contributed by atoms with Gasteiger partial charge in [-0.15, -0.1) is 0 Å². The number of hydrogen-bond acceptors (Lipinski definition) is 6. The molecule has 1 aliphatic heterocycles. The monoisotopic (exact) mass is 641 g/mol. The van der Waals surface area contributed by atoms with Crippen LogP contribution in [-0.4, -0.2) is 63.7 Å². The number of hydrogen-bond donors (Lipinski definition) is 1. The minimum Gasteiger partial charge on any atom is -0.486 e. The zero-order valence-electron chi connectivity index (χ0n) is 25.4. The van der Waals surface area contributed by atoms with Gasteiger partial charge >= 0.3 is 0 Å². The second kappa shape index (κ2) is 15.3. The number of halogens is 1. The van der Waals surface area contributed by atoms with Crippen molar-refractivity contribution in [3.05, 3.63) is 88.9 Å². The quantitative estimate of drug-likeness (QED) is 0.264. The molecule has 0 radical (unpaired) electrons. The number of rotatable bonds is 14. The molecule has 3 aromatic rings. The standard InChI is InChI=1S/C33H40ClN3O6S/c1-24(2)22-35-33(39)29(20-25-8-5-4-6-9-25)36(23-26-11-13-27(34)14-12-26)32(38)10-7-17-37(44(3,40)41)28-15-16-30-31(21-28)43-19-18-42-30/h4-6,8-9,11-16,21,24,29H,7,10,17-20,22-23H2,1-3H3,(H,35,39)/t29-/m1/s1. The molecule has 1 atom stereocenters. The Balaban J connectivity index is 1.57. The van der Waals surface area contributed by atoms with Crippen LogP contribution in [0.2, 0.25) is 5.02 Å². The van der Waals surface area contributed by atoms with E-state index in [9.17, 15) is 18.0 Å². The number of benzene rings is 3. The van der Waals surface area contributed by atoms with Gasteiger partial charge < -0.3 is 19.7 Å². The Morgan fingerprint density at radius 2 is 1.61 bits per heavy atom. The molecule has 1 aliphatic rings. The summed E-state index contributed by atoms with van der Waals surface area (Å²) in [5.41, 5.74) is 2.18. The second-order valence-electron chi connectivity index (χ2n) is 11.3. The van der Waals surface area contributed by atoms with E-state index in [0.29, 0.717) is 48.4 Å². The number of anilines is 1. The Labute approximate surface area is 265 Å². The summed E-state index contributed by atoms with van der Waals surface area (Å²) in [4.78, 5) is 29.2. The van der Waals surface area contributed by atoms with E-state index in [1.54, 1.807) is 35.2 Å². The lowest BCUT2D eigenvalue weighted by Gasteiger charge is -2.32. The highest BCUT2D eigenvalue weighted by molar-refractivity contribution is 7.92. The molecule has 11 heteroatoms. The summed E-state index contributed by atoms with van der Waals surface area (Å²) < 4.78 is 38.1. The van der Waals surface area contributed by atoms with E-state index in [0.717, 1.165) is 17.4 Å². The first-order valence-corrected chi connectivity index (χ1v) is 17.0. The first kappa shape index (κ1) is 33.1. The zero-order chi connectivity index (χ0) is 31.7. The van der Waals surface area contributed by atoms with Gasteiger partial charge in [0.25, 0.3) is 0 Å². The highest BCUT2D eigenvalue weighted by Crippen LogP contribution is 2.35. The number of amides is 2. The van der Waals surface area contributed by atoms with Gasteiger partial charge in [-0.2, -0.15) is 0 Å². The molecule has 44 heavy (non-hydrogen) atoms. The van der Waals surface area contributed by atoms with Crippen LogP contribution in [0.5, 0.6) is 11.5 Å². The van der Waals surface area contributed by atoms with Crippen molar-refractivity contribution in [2.75, 3.05) is 36.9 Å². The number of carbonyl (C=O) groups excluding carboxylic acids is 2. The van der Waals surface area contributed by atoms with Crippen molar-refractivity contribution in [3.63, 3.8) is 0 Å². The lowest BCUT2D eigenvalue weighted by Crippen LogP contribution is -2.51. The van der Waals surface area contributed by atoms with Crippen molar-refractivity contribution in [3.8, 4) is 11.5 Å². The third kappa shape index (κ3) is 9.37. The van der Waals surface area contributed by atoms with E-state index in [1.807, 2.05) is 56.3 Å². The molecule has 2 amide bonds. The molecular weight excluding hydrogens is 602 g/mol. The molecule has 4 rings (SSSR count). The summed E-state index contributed by atoms with van der Waals surface area (Å²) in [5.74, 6) is 0.778. The predicted octanol–water partition coefficient (Wildman–Crippen LogP) is 5.07. The van der Waals surface area contributed by atoms with E-state index >= 15 is 0 Å². The molecule has 3 aromatic carbocycles. The van der Waals surface area contributed by atoms with E-state index < -0.39 is 16.1 Å². The fourth-order valence-corrected chi connectivity index (χ4v) is 6.04. The van der Waals surface area contributed by atoms with Crippen molar-refractivity contribution in [2.24, 2.45) is 5.92 Å². The number of nitrogens with one attached hydrogen (secondary N) is 1. The number of ether oxygens (including phenoxy) is 2. The Hall–Kier alpha value is -3.76. The summed E-state index contributed by atoms with van der Waals surface area (Å²) in [7, 11) is -3.67. The molecule has 0 unspecified atom stereocenters. The van der Waals surface area contributed by atoms with Crippen molar-refractivity contribution in [2.45, 2.75) is 45.7 Å². The summed E-state index contributed by atoms with van der Waals surface area (Å²) in [6, 6.07) is 21.0. The molecule has 0 fully saturated rings. The lowest BCUT2D eigenvalue weighted by atomic mass is 10.0. The van der Waals surface area contributed by atoms with E-state index in [2.05, 4.69) is 5.32 Å². The third-order valence-corrected chi connectivity index (χ3v) is 8.63. The fraction of sp³-hybridized carbons (Fsp3) is 0.394. The van der Waals surface area contributed by atoms with E-state index in [-0.39, 0.29) is 43.7 Å². The maximum atomic E-state index is 14.0. The van der Waals surface area contributed by atoms with Crippen LogP contribution in [0.1, 0.15) is 37.8 Å². The molecule has 1 N–H and O–H groups in total. The van der Waals surface area contributed by atoms with Gasteiger partial charge in [-0.05, 0) is 47.7 Å². The average molecular weight is 642 g/mol. The van der Waals surface area contributed by atoms with Gasteiger partial charge in [0.2, 0.25) is 21.8 Å². The average Bonchev–Trinajstić information content (AvgIpc) is 3.00. The van der Waals surface area contributed by atoms with Crippen LogP contribution in [0.3, 0.4) is 0 Å². The molecule has 0 saturated carbocycles. The van der Waals surface area contributed by atoms with Crippen LogP contribution in [0.25, 0.3) is 0 Å². The predicted molar refractivity (Wildman–Crippen MR) is 173 cm³/mol. The Morgan fingerprint density at radius 3 is 2.27 bits per heavy atom. The summed E-state index contributed by atoms with van der Waals surface area (Å²) >= 11 is 6.11. The third-order valence-electron chi connectivity index (χ3n) is 7.19. The SMILES string of the molecule is CC(C)CNC(=O)[C@@H](Cc1ccccc1)N(Cc1ccc(Cl)cc1)C(=O)CCCN(c1ccc2c(c1)OCCO2)S(C)(=O)=O. The van der Waals surface area contributed by atoms with Crippen LogP contribution in [0, 0.1) is 5.92 Å². The van der Waals surface area contributed by atoms with Crippen molar-refractivity contribution >= 4 is 39.1 Å². The lowest BCUT2D eigenvalue weighted by molar-refractivity contribution is -0.141. The molecule has 1 heterocycles. The Kier molecular flexibility index (Phi) is 11.5. The number of sulfonamides is 1. The summed E-state index contributed by atoms with van der Waals surface area (Å²) in [5, 5.41) is 3.58. The normalized spacial score (nSPS) is 13.3. The van der Waals surface area contributed by atoms with E-state index in [1.165, 1.54) is 4.31 Å². The van der Waals surface area contributed by atoms with Crippen molar-refractivity contribution in [1.82, 2.24) is 10.2 Å². The van der Waals surface area contributed by atoms with Crippen molar-refractivity contribution in [1.29, 1.82) is 0 Å². The molecule has 0 bridgehead atoms. The first-order valence-electron chi connectivity index (χ1n) is 14.7. The summed E-state index contributed by atoms with van der Waals surface area (Å²) in [6.07, 6.45) is 1.74. The van der Waals surface area contributed by atoms with Crippen LogP contribution in [0.15, 0.2) is 72.8 Å². The summed E-state index contributed by atoms with van der Waals surface area (Å²) in [6.45, 7) is 5.57. The molecule has 9 nitrogen and oxygen atoms in total. The largest absolute Gasteiger partial charge is 0.486 e. The van der Waals surface area contributed by atoms with Crippen molar-refractivity contribution < 1.29 is 27.5 Å². The molecule has 236 valence electrons. The first-order chi connectivity index (χ1) is 21.0. The highest BCUT2D eigenvalue weighted by atomic mass is 35.5. The second-order valence-corrected chi connectivity index (χ2v) is 13.6. The van der Waals surface area contributed by atoms with Crippen LogP contribution in [0.4, 0.5) is 5.69 Å². The van der Waals surface area contributed by atoms with Gasteiger partial charge in [-0.3, -0.25) is 13.9 Å². The smallest absolute Gasteiger partial charge is 0.243 e. The van der Waals surface area contributed by atoms with Crippen LogP contribution >= 0.6 is 11.6 Å². The Morgan fingerprint density at radius 1 is 0.932 bits per heavy atom. The van der Waals surface area contributed by atoms with Gasteiger partial charge in [-0.25, -0.2) is 8.42 Å². The minimum atomic E-state index is -3.67. The van der Waals surface area contributed by atoms with Gasteiger partial charge in [0.05, 0.1) is 11.9 Å². The molecule has 0 spiro atoms. The Bertz CT molecular complexity index is 1520. The van der Waals surface area contributed by atoms with Crippen LogP contribution in [-0.2, 0) is 32.6 Å². The highest BCUT2D eigenvalue weighted by Gasteiger charge is 2.31. The number of nitrogens with zero attached hydrogens (tertiary/aromatic N) is 2. The molecule has 0 aromatic heterocycles. The molecular formula is C33H40ClN3O6S. The van der Waals surface area contributed by atoms with E-state index in [4.69, 9.17) is 21.1 Å². The number of fused-ring (bicyclic) bond motifs is 1. The maximum absolute atomic E-state index is 14.0. The van der Waals surface area contributed by atoms with Crippen LogP contribution < -0.4 is 19.1 Å². The number of carbonyl (C=O) groups is 2. The van der Waals surface area contributed by atoms with Gasteiger partial charge in [0, 0.05) is 43.6 Å². The molecule has 0 saturated heterocycles. The maximum Gasteiger partial charge on any atom is 0.243 e. The van der Waals surface area contributed by atoms with Gasteiger partial charge in [-0.1, -0.05) is 67.9 Å². The zero-order valence-corrected chi connectivity index (χ0v) is 26.9. The van der Waals surface area contributed by atoms with Gasteiger partial charge in [0.15, 0.2) is 11.5 Å². The minimum absolute atomic E-state index is 0.0346. The molecule has 0 aliphatic carbocycles.